The summed E-state index contributed by atoms with van der Waals surface area (Å²) in [7, 11) is 0. The molecular formula is C27H26FN5O3. The molecular weight excluding hydrogens is 461 g/mol. The van der Waals surface area contributed by atoms with E-state index in [-0.39, 0.29) is 29.9 Å². The minimum atomic E-state index is -0.349. The summed E-state index contributed by atoms with van der Waals surface area (Å²) in [5, 5.41) is 7.52. The zero-order chi connectivity index (χ0) is 25.1. The smallest absolute Gasteiger partial charge is 0.259 e. The molecule has 0 radical (unpaired) electrons. The van der Waals surface area contributed by atoms with Crippen LogP contribution >= 0.6 is 0 Å². The number of rotatable bonds is 6. The molecule has 0 bridgehead atoms. The molecule has 1 aliphatic heterocycles. The van der Waals surface area contributed by atoms with E-state index in [4.69, 9.17) is 4.52 Å². The van der Waals surface area contributed by atoms with Crippen LogP contribution in [0.25, 0.3) is 22.4 Å². The Balaban J connectivity index is 1.26. The highest BCUT2D eigenvalue weighted by Crippen LogP contribution is 2.28. The number of fused-ring (bicyclic) bond motifs is 1. The van der Waals surface area contributed by atoms with Crippen molar-refractivity contribution in [3.63, 3.8) is 0 Å². The van der Waals surface area contributed by atoms with Gasteiger partial charge in [-0.15, -0.1) is 0 Å². The summed E-state index contributed by atoms with van der Waals surface area (Å²) in [6, 6.07) is 17.4. The minimum absolute atomic E-state index is 0.0430. The van der Waals surface area contributed by atoms with Crippen LogP contribution in [0.3, 0.4) is 0 Å². The number of nitrogens with one attached hydrogen (secondary N) is 1. The van der Waals surface area contributed by atoms with Crippen LogP contribution in [0, 0.1) is 12.7 Å². The lowest BCUT2D eigenvalue weighted by atomic mass is 10.0. The molecule has 9 heteroatoms. The summed E-state index contributed by atoms with van der Waals surface area (Å²) in [4.78, 5) is 34.3. The van der Waals surface area contributed by atoms with Gasteiger partial charge in [-0.2, -0.15) is 0 Å². The van der Waals surface area contributed by atoms with E-state index in [1.54, 1.807) is 30.0 Å². The highest BCUT2D eigenvalue weighted by atomic mass is 19.1. The fourth-order valence-electron chi connectivity index (χ4n) is 4.37. The molecule has 2 aromatic carbocycles. The Morgan fingerprint density at radius 1 is 1.03 bits per heavy atom. The number of hydrogen-bond acceptors (Lipinski definition) is 6. The standard InChI is InChI=1S/C27H26FN5O3/c1-18-25-22(15-23(30-26(25)36-31-18)20-7-9-21(28)10-8-20)27(35)33-13-11-32(12-14-33)17-24(34)29-16-19-5-3-2-4-6-19/h2-10,15H,11-14,16-17H2,1H3,(H,29,34). The van der Waals surface area contributed by atoms with E-state index in [2.05, 4.69) is 15.5 Å². The molecule has 0 spiro atoms. The summed E-state index contributed by atoms with van der Waals surface area (Å²) in [5.41, 5.74) is 3.54. The van der Waals surface area contributed by atoms with Crippen molar-refractivity contribution in [3.05, 3.63) is 83.3 Å². The van der Waals surface area contributed by atoms with Crippen LogP contribution in [0.5, 0.6) is 0 Å². The second kappa shape index (κ2) is 10.2. The highest BCUT2D eigenvalue weighted by Gasteiger charge is 2.27. The number of piperazine rings is 1. The molecule has 0 saturated carbocycles. The van der Waals surface area contributed by atoms with Crippen LogP contribution in [0.4, 0.5) is 4.39 Å². The van der Waals surface area contributed by atoms with Crippen molar-refractivity contribution in [2.24, 2.45) is 0 Å². The zero-order valence-electron chi connectivity index (χ0n) is 19.9. The molecule has 5 rings (SSSR count). The van der Waals surface area contributed by atoms with Gasteiger partial charge >= 0.3 is 0 Å². The number of hydrogen-bond donors (Lipinski definition) is 1. The van der Waals surface area contributed by atoms with E-state index < -0.39 is 0 Å². The number of halogens is 1. The lowest BCUT2D eigenvalue weighted by Crippen LogP contribution is -2.51. The third kappa shape index (κ3) is 5.11. The molecule has 1 fully saturated rings. The summed E-state index contributed by atoms with van der Waals surface area (Å²) >= 11 is 0. The number of pyridine rings is 1. The van der Waals surface area contributed by atoms with Crippen molar-refractivity contribution < 1.29 is 18.5 Å². The van der Waals surface area contributed by atoms with Gasteiger partial charge in [-0.05, 0) is 42.8 Å². The first kappa shape index (κ1) is 23.6. The number of nitrogens with zero attached hydrogens (tertiary/aromatic N) is 4. The number of aromatic nitrogens is 2. The monoisotopic (exact) mass is 487 g/mol. The maximum absolute atomic E-state index is 13.6. The number of carbonyl (C=O) groups is 2. The van der Waals surface area contributed by atoms with Gasteiger partial charge in [-0.3, -0.25) is 14.5 Å². The Kier molecular flexibility index (Phi) is 6.73. The molecule has 1 saturated heterocycles. The first-order chi connectivity index (χ1) is 17.5. The van der Waals surface area contributed by atoms with Crippen LogP contribution in [-0.2, 0) is 11.3 Å². The minimum Gasteiger partial charge on any atom is -0.351 e. The summed E-state index contributed by atoms with van der Waals surface area (Å²) in [5.74, 6) is -0.540. The molecule has 1 aliphatic rings. The van der Waals surface area contributed by atoms with Crippen molar-refractivity contribution in [1.82, 2.24) is 25.3 Å². The number of carbonyl (C=O) groups excluding carboxylic acids is 2. The van der Waals surface area contributed by atoms with Gasteiger partial charge in [-0.1, -0.05) is 35.5 Å². The molecule has 0 atom stereocenters. The van der Waals surface area contributed by atoms with Crippen molar-refractivity contribution in [2.45, 2.75) is 13.5 Å². The molecule has 4 aromatic rings. The second-order valence-electron chi connectivity index (χ2n) is 8.84. The lowest BCUT2D eigenvalue weighted by molar-refractivity contribution is -0.122. The Labute approximate surface area is 207 Å². The molecule has 0 unspecified atom stereocenters. The van der Waals surface area contributed by atoms with E-state index in [1.165, 1.54) is 12.1 Å². The van der Waals surface area contributed by atoms with Gasteiger partial charge in [0.05, 0.1) is 28.9 Å². The van der Waals surface area contributed by atoms with Crippen LogP contribution < -0.4 is 5.32 Å². The molecule has 36 heavy (non-hydrogen) atoms. The topological polar surface area (TPSA) is 91.6 Å². The van der Waals surface area contributed by atoms with Crippen LogP contribution in [0.15, 0.2) is 65.2 Å². The average Bonchev–Trinajstić information content (AvgIpc) is 3.28. The summed E-state index contributed by atoms with van der Waals surface area (Å²) in [6.07, 6.45) is 0. The summed E-state index contributed by atoms with van der Waals surface area (Å²) < 4.78 is 18.8. The predicted octanol–water partition coefficient (Wildman–Crippen LogP) is 3.41. The zero-order valence-corrected chi connectivity index (χ0v) is 19.9. The van der Waals surface area contributed by atoms with Crippen LogP contribution in [0.2, 0.25) is 0 Å². The number of amides is 2. The molecule has 1 N–H and O–H groups in total. The molecule has 184 valence electrons. The third-order valence-corrected chi connectivity index (χ3v) is 6.35. The fourth-order valence-corrected chi connectivity index (χ4v) is 4.37. The first-order valence-electron chi connectivity index (χ1n) is 11.8. The fraction of sp³-hybridized carbons (Fsp3) is 0.259. The van der Waals surface area contributed by atoms with Crippen LogP contribution in [0.1, 0.15) is 21.6 Å². The Hall–Kier alpha value is -4.11. The van der Waals surface area contributed by atoms with Crippen LogP contribution in [-0.4, -0.2) is 64.5 Å². The van der Waals surface area contributed by atoms with E-state index in [1.807, 2.05) is 35.2 Å². The third-order valence-electron chi connectivity index (χ3n) is 6.35. The average molecular weight is 488 g/mol. The van der Waals surface area contributed by atoms with Crippen molar-refractivity contribution in [2.75, 3.05) is 32.7 Å². The van der Waals surface area contributed by atoms with Gasteiger partial charge in [0, 0.05) is 38.3 Å². The van der Waals surface area contributed by atoms with E-state index in [9.17, 15) is 14.0 Å². The molecule has 8 nitrogen and oxygen atoms in total. The molecule has 0 aliphatic carbocycles. The molecule has 2 amide bonds. The van der Waals surface area contributed by atoms with Gasteiger partial charge in [0.1, 0.15) is 5.82 Å². The van der Waals surface area contributed by atoms with Crippen molar-refractivity contribution in [3.8, 4) is 11.3 Å². The Bertz CT molecular complexity index is 1380. The SMILES string of the molecule is Cc1noc2nc(-c3ccc(F)cc3)cc(C(=O)N3CCN(CC(=O)NCc4ccccc4)CC3)c12. The number of benzene rings is 2. The predicted molar refractivity (Wildman–Crippen MR) is 133 cm³/mol. The molecule has 3 heterocycles. The van der Waals surface area contributed by atoms with Gasteiger partial charge in [0.2, 0.25) is 5.91 Å². The second-order valence-corrected chi connectivity index (χ2v) is 8.84. The Morgan fingerprint density at radius 3 is 2.47 bits per heavy atom. The van der Waals surface area contributed by atoms with E-state index in [0.29, 0.717) is 60.6 Å². The molecule has 2 aromatic heterocycles. The maximum atomic E-state index is 13.6. The van der Waals surface area contributed by atoms with Gasteiger partial charge in [0.15, 0.2) is 0 Å². The summed E-state index contributed by atoms with van der Waals surface area (Å²) in [6.45, 7) is 4.71. The normalized spacial score (nSPS) is 14.2. The number of aryl methyl sites for hydroxylation is 1. The van der Waals surface area contributed by atoms with E-state index >= 15 is 0 Å². The van der Waals surface area contributed by atoms with Crippen molar-refractivity contribution in [1.29, 1.82) is 0 Å². The van der Waals surface area contributed by atoms with Gasteiger partial charge < -0.3 is 14.7 Å². The quantitative estimate of drug-likeness (QED) is 0.448. The Morgan fingerprint density at radius 2 is 1.75 bits per heavy atom. The highest BCUT2D eigenvalue weighted by molar-refractivity contribution is 6.07. The van der Waals surface area contributed by atoms with E-state index in [0.717, 1.165) is 5.56 Å². The van der Waals surface area contributed by atoms with Crippen molar-refractivity contribution >= 4 is 22.9 Å². The lowest BCUT2D eigenvalue weighted by Gasteiger charge is -2.34. The first-order valence-corrected chi connectivity index (χ1v) is 11.8. The van der Waals surface area contributed by atoms with Gasteiger partial charge in [0.25, 0.3) is 11.6 Å². The largest absolute Gasteiger partial charge is 0.351 e. The maximum Gasteiger partial charge on any atom is 0.259 e. The van der Waals surface area contributed by atoms with Gasteiger partial charge in [-0.25, -0.2) is 9.37 Å².